The normalized spacial score (nSPS) is 17.1. The number of ether oxygens (including phenoxy) is 1. The van der Waals surface area contributed by atoms with Crippen molar-refractivity contribution in [2.75, 3.05) is 20.2 Å². The molecule has 0 aromatic heterocycles. The van der Waals surface area contributed by atoms with Crippen molar-refractivity contribution in [3.05, 3.63) is 29.8 Å². The molecule has 1 aromatic carbocycles. The summed E-state index contributed by atoms with van der Waals surface area (Å²) in [6.45, 7) is 1.76. The molecule has 0 saturated carbocycles. The molecule has 1 amide bonds. The number of hydrogen-bond acceptors (Lipinski definition) is 3. The maximum Gasteiger partial charge on any atom is 0.220 e. The van der Waals surface area contributed by atoms with E-state index in [-0.39, 0.29) is 18.3 Å². The molecule has 1 aliphatic rings. The van der Waals surface area contributed by atoms with Crippen LogP contribution in [0.2, 0.25) is 0 Å². The highest BCUT2D eigenvalue weighted by molar-refractivity contribution is 5.85. The van der Waals surface area contributed by atoms with Crippen molar-refractivity contribution in [2.24, 2.45) is 0 Å². The van der Waals surface area contributed by atoms with Crippen molar-refractivity contribution < 1.29 is 9.53 Å². The van der Waals surface area contributed by atoms with Gasteiger partial charge < -0.3 is 15.4 Å². The van der Waals surface area contributed by atoms with Crippen LogP contribution in [0.4, 0.5) is 0 Å². The van der Waals surface area contributed by atoms with E-state index < -0.39 is 0 Å². The summed E-state index contributed by atoms with van der Waals surface area (Å²) in [6.07, 6.45) is 4.80. The first-order chi connectivity index (χ1) is 9.79. The largest absolute Gasteiger partial charge is 0.496 e. The van der Waals surface area contributed by atoms with E-state index in [0.29, 0.717) is 19.0 Å². The van der Waals surface area contributed by atoms with Gasteiger partial charge in [-0.2, -0.15) is 0 Å². The fourth-order valence-corrected chi connectivity index (χ4v) is 2.64. The second-order valence-electron chi connectivity index (χ2n) is 5.24. The van der Waals surface area contributed by atoms with Crippen LogP contribution < -0.4 is 15.4 Å². The van der Waals surface area contributed by atoms with E-state index in [0.717, 1.165) is 30.7 Å². The lowest BCUT2D eigenvalue weighted by atomic mass is 10.1. The number of halogens is 1. The fraction of sp³-hybridized carbons (Fsp3) is 0.562. The minimum atomic E-state index is 0. The first-order valence-electron chi connectivity index (χ1n) is 7.41. The molecule has 0 aliphatic carbocycles. The highest BCUT2D eigenvalue weighted by atomic mass is 35.5. The molecule has 1 aliphatic heterocycles. The molecule has 0 spiro atoms. The maximum absolute atomic E-state index is 11.8. The number of hydrogen-bond donors (Lipinski definition) is 2. The fourth-order valence-electron chi connectivity index (χ4n) is 2.64. The van der Waals surface area contributed by atoms with E-state index in [2.05, 4.69) is 10.6 Å². The standard InChI is InChI=1S/C16H24N2O2.ClH/c1-20-15-7-3-2-5-13(15)10-12-18-16(19)9-8-14-6-4-11-17-14;/h2-3,5,7,14,17H,4,6,8-12H2,1H3,(H,18,19);1H. The van der Waals surface area contributed by atoms with Gasteiger partial charge >= 0.3 is 0 Å². The van der Waals surface area contributed by atoms with Crippen LogP contribution in [-0.4, -0.2) is 32.1 Å². The summed E-state index contributed by atoms with van der Waals surface area (Å²) in [5, 5.41) is 6.40. The number of benzene rings is 1. The average Bonchev–Trinajstić information content (AvgIpc) is 2.99. The predicted molar refractivity (Wildman–Crippen MR) is 87.2 cm³/mol. The summed E-state index contributed by atoms with van der Waals surface area (Å²) in [5.41, 5.74) is 1.13. The first kappa shape index (κ1) is 17.8. The molecule has 118 valence electrons. The molecule has 1 fully saturated rings. The van der Waals surface area contributed by atoms with Crippen LogP contribution in [0.5, 0.6) is 5.75 Å². The Morgan fingerprint density at radius 2 is 2.24 bits per heavy atom. The Morgan fingerprint density at radius 1 is 1.43 bits per heavy atom. The Balaban J connectivity index is 0.00000220. The average molecular weight is 313 g/mol. The third-order valence-corrected chi connectivity index (χ3v) is 3.79. The van der Waals surface area contributed by atoms with Crippen molar-refractivity contribution >= 4 is 18.3 Å². The van der Waals surface area contributed by atoms with Gasteiger partial charge in [0.2, 0.25) is 5.91 Å². The Hall–Kier alpha value is -1.26. The van der Waals surface area contributed by atoms with Crippen molar-refractivity contribution in [2.45, 2.75) is 38.1 Å². The molecule has 4 nitrogen and oxygen atoms in total. The number of nitrogens with one attached hydrogen (secondary N) is 2. The number of methoxy groups -OCH3 is 1. The summed E-state index contributed by atoms with van der Waals surface area (Å²) in [6, 6.07) is 8.46. The Morgan fingerprint density at radius 3 is 2.95 bits per heavy atom. The molecule has 0 radical (unpaired) electrons. The molecule has 1 heterocycles. The minimum Gasteiger partial charge on any atom is -0.496 e. The van der Waals surface area contributed by atoms with Gasteiger partial charge in [-0.15, -0.1) is 12.4 Å². The van der Waals surface area contributed by atoms with Crippen LogP contribution in [0.15, 0.2) is 24.3 Å². The number of amides is 1. The lowest BCUT2D eigenvalue weighted by molar-refractivity contribution is -0.121. The number of rotatable bonds is 7. The molecule has 0 bridgehead atoms. The van der Waals surface area contributed by atoms with Crippen LogP contribution >= 0.6 is 12.4 Å². The summed E-state index contributed by atoms with van der Waals surface area (Å²) in [4.78, 5) is 11.8. The van der Waals surface area contributed by atoms with Gasteiger partial charge in [-0.05, 0) is 43.9 Å². The Bertz CT molecular complexity index is 434. The van der Waals surface area contributed by atoms with Crippen LogP contribution in [0.1, 0.15) is 31.2 Å². The highest BCUT2D eigenvalue weighted by Gasteiger charge is 2.15. The molecule has 1 atom stereocenters. The van der Waals surface area contributed by atoms with Gasteiger partial charge in [0.05, 0.1) is 7.11 Å². The van der Waals surface area contributed by atoms with Crippen LogP contribution in [0.25, 0.3) is 0 Å². The van der Waals surface area contributed by atoms with Crippen molar-refractivity contribution in [3.63, 3.8) is 0 Å². The highest BCUT2D eigenvalue weighted by Crippen LogP contribution is 2.17. The van der Waals surface area contributed by atoms with Gasteiger partial charge in [0.1, 0.15) is 5.75 Å². The summed E-state index contributed by atoms with van der Waals surface area (Å²) < 4.78 is 5.30. The lowest BCUT2D eigenvalue weighted by Gasteiger charge is -2.11. The molecule has 5 heteroatoms. The minimum absolute atomic E-state index is 0. The molecule has 2 rings (SSSR count). The SMILES string of the molecule is COc1ccccc1CCNC(=O)CCC1CCCN1.Cl. The second kappa shape index (κ2) is 9.64. The summed E-state index contributed by atoms with van der Waals surface area (Å²) in [7, 11) is 1.67. The second-order valence-corrected chi connectivity index (χ2v) is 5.24. The van der Waals surface area contributed by atoms with Gasteiger partial charge in [0.25, 0.3) is 0 Å². The molecular weight excluding hydrogens is 288 g/mol. The zero-order chi connectivity index (χ0) is 14.2. The van der Waals surface area contributed by atoms with Crippen molar-refractivity contribution in [1.82, 2.24) is 10.6 Å². The van der Waals surface area contributed by atoms with Gasteiger partial charge in [-0.3, -0.25) is 4.79 Å². The monoisotopic (exact) mass is 312 g/mol. The predicted octanol–water partition coefficient (Wildman–Crippen LogP) is 2.31. The van der Waals surface area contributed by atoms with Crippen molar-refractivity contribution in [1.29, 1.82) is 0 Å². The lowest BCUT2D eigenvalue weighted by Crippen LogP contribution is -2.28. The van der Waals surface area contributed by atoms with Crippen LogP contribution in [0.3, 0.4) is 0 Å². The molecular formula is C16H25ClN2O2. The van der Waals surface area contributed by atoms with E-state index in [1.165, 1.54) is 12.8 Å². The Labute approximate surface area is 133 Å². The molecule has 1 aromatic rings. The van der Waals surface area contributed by atoms with E-state index in [1.54, 1.807) is 7.11 Å². The van der Waals surface area contributed by atoms with Gasteiger partial charge in [0.15, 0.2) is 0 Å². The summed E-state index contributed by atoms with van der Waals surface area (Å²) in [5.74, 6) is 1.03. The van der Waals surface area contributed by atoms with Crippen molar-refractivity contribution in [3.8, 4) is 5.75 Å². The van der Waals surface area contributed by atoms with Gasteiger partial charge in [-0.25, -0.2) is 0 Å². The number of para-hydroxylation sites is 1. The summed E-state index contributed by atoms with van der Waals surface area (Å²) >= 11 is 0. The van der Waals surface area contributed by atoms with Crippen LogP contribution in [0, 0.1) is 0 Å². The third kappa shape index (κ3) is 5.94. The number of carbonyl (C=O) groups excluding carboxylic acids is 1. The smallest absolute Gasteiger partial charge is 0.220 e. The van der Waals surface area contributed by atoms with E-state index in [4.69, 9.17) is 4.74 Å². The zero-order valence-corrected chi connectivity index (χ0v) is 13.4. The third-order valence-electron chi connectivity index (χ3n) is 3.79. The first-order valence-corrected chi connectivity index (χ1v) is 7.41. The molecule has 1 unspecified atom stereocenters. The zero-order valence-electron chi connectivity index (χ0n) is 12.6. The molecule has 2 N–H and O–H groups in total. The quantitative estimate of drug-likeness (QED) is 0.812. The topological polar surface area (TPSA) is 50.4 Å². The van der Waals surface area contributed by atoms with Gasteiger partial charge in [0, 0.05) is 19.0 Å². The molecule has 21 heavy (non-hydrogen) atoms. The van der Waals surface area contributed by atoms with E-state index in [9.17, 15) is 4.79 Å². The number of carbonyl (C=O) groups is 1. The van der Waals surface area contributed by atoms with Gasteiger partial charge in [-0.1, -0.05) is 18.2 Å². The van der Waals surface area contributed by atoms with Crippen LogP contribution in [-0.2, 0) is 11.2 Å². The molecule has 1 saturated heterocycles. The maximum atomic E-state index is 11.8. The van der Waals surface area contributed by atoms with E-state index >= 15 is 0 Å². The van der Waals surface area contributed by atoms with E-state index in [1.807, 2.05) is 24.3 Å². The Kier molecular flexibility index (Phi) is 8.16.